The fourth-order valence-electron chi connectivity index (χ4n) is 1.33. The van der Waals surface area contributed by atoms with Gasteiger partial charge in [0.25, 0.3) is 0 Å². The van der Waals surface area contributed by atoms with Crippen LogP contribution in [-0.2, 0) is 0 Å². The highest BCUT2D eigenvalue weighted by molar-refractivity contribution is 5.45. The molecular formula is C12H9FN4O. The van der Waals surface area contributed by atoms with Crippen molar-refractivity contribution in [2.24, 2.45) is 0 Å². The molecule has 2 rings (SSSR count). The summed E-state index contributed by atoms with van der Waals surface area (Å²) in [6, 6.07) is 7.44. The van der Waals surface area contributed by atoms with Crippen LogP contribution in [0.3, 0.4) is 0 Å². The van der Waals surface area contributed by atoms with E-state index in [1.54, 1.807) is 13.1 Å². The maximum Gasteiger partial charge on any atom is 0.225 e. The van der Waals surface area contributed by atoms with Crippen molar-refractivity contribution >= 4 is 5.95 Å². The number of rotatable bonds is 3. The number of halogens is 1. The first-order valence-electron chi connectivity index (χ1n) is 5.12. The third kappa shape index (κ3) is 2.35. The summed E-state index contributed by atoms with van der Waals surface area (Å²) in [5.41, 5.74) is -0.151. The van der Waals surface area contributed by atoms with Crippen molar-refractivity contribution in [3.05, 3.63) is 41.8 Å². The second-order valence-electron chi connectivity index (χ2n) is 3.30. The first-order chi connectivity index (χ1) is 8.74. The van der Waals surface area contributed by atoms with E-state index in [4.69, 9.17) is 10.00 Å². The Bertz CT molecular complexity index is 609. The zero-order valence-corrected chi connectivity index (χ0v) is 9.51. The minimum atomic E-state index is -0.627. The summed E-state index contributed by atoms with van der Waals surface area (Å²) >= 11 is 0. The van der Waals surface area contributed by atoms with Crippen LogP contribution >= 0.6 is 0 Å². The van der Waals surface area contributed by atoms with Crippen LogP contribution in [0.1, 0.15) is 5.56 Å². The van der Waals surface area contributed by atoms with Gasteiger partial charge in [0.2, 0.25) is 11.8 Å². The van der Waals surface area contributed by atoms with Gasteiger partial charge in [-0.2, -0.15) is 10.2 Å². The highest BCUT2D eigenvalue weighted by Gasteiger charge is 2.10. The van der Waals surface area contributed by atoms with E-state index in [2.05, 4.69) is 15.3 Å². The largest absolute Gasteiger partial charge is 0.437 e. The maximum atomic E-state index is 13.4. The summed E-state index contributed by atoms with van der Waals surface area (Å²) in [7, 11) is 1.67. The van der Waals surface area contributed by atoms with E-state index in [1.165, 1.54) is 30.5 Å². The van der Waals surface area contributed by atoms with E-state index in [0.717, 1.165) is 0 Å². The highest BCUT2D eigenvalue weighted by Crippen LogP contribution is 2.25. The highest BCUT2D eigenvalue weighted by atomic mass is 19.1. The second-order valence-corrected chi connectivity index (χ2v) is 3.30. The third-order valence-corrected chi connectivity index (χ3v) is 2.16. The number of nitrogens with one attached hydrogen (secondary N) is 1. The summed E-state index contributed by atoms with van der Waals surface area (Å²) in [6.07, 6.45) is 1.50. The van der Waals surface area contributed by atoms with Gasteiger partial charge < -0.3 is 10.1 Å². The number of aromatic nitrogens is 2. The fraction of sp³-hybridized carbons (Fsp3) is 0.0833. The predicted molar refractivity (Wildman–Crippen MR) is 62.8 cm³/mol. The van der Waals surface area contributed by atoms with Crippen molar-refractivity contribution in [3.63, 3.8) is 0 Å². The van der Waals surface area contributed by atoms with Gasteiger partial charge in [-0.15, -0.1) is 0 Å². The molecule has 1 N–H and O–H groups in total. The van der Waals surface area contributed by atoms with E-state index in [1.807, 2.05) is 0 Å². The van der Waals surface area contributed by atoms with Crippen LogP contribution in [0.4, 0.5) is 10.3 Å². The van der Waals surface area contributed by atoms with Crippen LogP contribution in [0.25, 0.3) is 0 Å². The average molecular weight is 244 g/mol. The predicted octanol–water partition coefficient (Wildman–Crippen LogP) is 2.32. The minimum Gasteiger partial charge on any atom is -0.437 e. The van der Waals surface area contributed by atoms with Gasteiger partial charge in [-0.3, -0.25) is 0 Å². The first-order valence-corrected chi connectivity index (χ1v) is 5.12. The molecule has 1 aromatic carbocycles. The molecular weight excluding hydrogens is 235 g/mol. The average Bonchev–Trinajstić information content (AvgIpc) is 2.39. The molecule has 0 spiro atoms. The Morgan fingerprint density at radius 2 is 2.22 bits per heavy atom. The molecule has 90 valence electrons. The number of nitriles is 1. The lowest BCUT2D eigenvalue weighted by Gasteiger charge is -2.07. The van der Waals surface area contributed by atoms with Crippen LogP contribution < -0.4 is 10.1 Å². The lowest BCUT2D eigenvalue weighted by molar-refractivity contribution is 0.455. The zero-order valence-electron chi connectivity index (χ0n) is 9.51. The second kappa shape index (κ2) is 5.10. The van der Waals surface area contributed by atoms with Gasteiger partial charge in [0.15, 0.2) is 0 Å². The standard InChI is InChI=1S/C12H9FN4O/c1-15-12-16-6-5-11(17-12)18-10-4-2-3-9(13)8(10)7-14/h2-6H,1H3,(H,15,16,17). The summed E-state index contributed by atoms with van der Waals surface area (Å²) in [4.78, 5) is 7.93. The van der Waals surface area contributed by atoms with Crippen LogP contribution in [0, 0.1) is 17.1 Å². The Morgan fingerprint density at radius 3 is 2.94 bits per heavy atom. The Hall–Kier alpha value is -2.68. The molecule has 0 aliphatic carbocycles. The van der Waals surface area contributed by atoms with Crippen LogP contribution in [0.15, 0.2) is 30.5 Å². The molecule has 6 heteroatoms. The summed E-state index contributed by atoms with van der Waals surface area (Å²) in [5, 5.41) is 11.6. The first kappa shape index (κ1) is 11.8. The van der Waals surface area contributed by atoms with Crippen molar-refractivity contribution in [1.82, 2.24) is 9.97 Å². The number of ether oxygens (including phenoxy) is 1. The van der Waals surface area contributed by atoms with E-state index < -0.39 is 5.82 Å². The smallest absolute Gasteiger partial charge is 0.225 e. The molecule has 0 fully saturated rings. The Morgan fingerprint density at radius 1 is 1.39 bits per heavy atom. The molecule has 0 saturated carbocycles. The Balaban J connectivity index is 2.34. The summed E-state index contributed by atoms with van der Waals surface area (Å²) in [5.74, 6) is 0.106. The van der Waals surface area contributed by atoms with Gasteiger partial charge >= 0.3 is 0 Å². The summed E-state index contributed by atoms with van der Waals surface area (Å²) < 4.78 is 18.7. The summed E-state index contributed by atoms with van der Waals surface area (Å²) in [6.45, 7) is 0. The molecule has 0 amide bonds. The minimum absolute atomic E-state index is 0.123. The van der Waals surface area contributed by atoms with Gasteiger partial charge in [-0.25, -0.2) is 9.37 Å². The van der Waals surface area contributed by atoms with Crippen molar-refractivity contribution in [2.45, 2.75) is 0 Å². The number of hydrogen-bond donors (Lipinski definition) is 1. The molecule has 0 radical (unpaired) electrons. The zero-order chi connectivity index (χ0) is 13.0. The van der Waals surface area contributed by atoms with Gasteiger partial charge in [0.1, 0.15) is 23.2 Å². The lowest BCUT2D eigenvalue weighted by atomic mass is 10.2. The molecule has 0 atom stereocenters. The number of hydrogen-bond acceptors (Lipinski definition) is 5. The van der Waals surface area contributed by atoms with Crippen molar-refractivity contribution in [1.29, 1.82) is 5.26 Å². The van der Waals surface area contributed by atoms with Crippen LogP contribution in [-0.4, -0.2) is 17.0 Å². The Labute approximate surface area is 103 Å². The molecule has 1 heterocycles. The molecule has 0 aliphatic heterocycles. The van der Waals surface area contributed by atoms with Gasteiger partial charge in [0, 0.05) is 19.3 Å². The molecule has 2 aromatic rings. The molecule has 0 bridgehead atoms. The number of benzene rings is 1. The van der Waals surface area contributed by atoms with Crippen molar-refractivity contribution in [3.8, 4) is 17.7 Å². The fourth-order valence-corrected chi connectivity index (χ4v) is 1.33. The van der Waals surface area contributed by atoms with E-state index in [9.17, 15) is 4.39 Å². The maximum absolute atomic E-state index is 13.4. The Kier molecular flexibility index (Phi) is 3.34. The van der Waals surface area contributed by atoms with Crippen LogP contribution in [0.2, 0.25) is 0 Å². The topological polar surface area (TPSA) is 70.8 Å². The quantitative estimate of drug-likeness (QED) is 0.897. The SMILES string of the molecule is CNc1nccc(Oc2cccc(F)c2C#N)n1. The molecule has 0 unspecified atom stereocenters. The van der Waals surface area contributed by atoms with E-state index in [0.29, 0.717) is 5.95 Å². The normalized spacial score (nSPS) is 9.61. The number of anilines is 1. The van der Waals surface area contributed by atoms with Gasteiger partial charge in [-0.05, 0) is 12.1 Å². The third-order valence-electron chi connectivity index (χ3n) is 2.16. The molecule has 0 saturated heterocycles. The number of nitrogens with zero attached hydrogens (tertiary/aromatic N) is 3. The molecule has 0 aliphatic rings. The van der Waals surface area contributed by atoms with Gasteiger partial charge in [0.05, 0.1) is 0 Å². The molecule has 1 aromatic heterocycles. The van der Waals surface area contributed by atoms with Crippen LogP contribution in [0.5, 0.6) is 11.6 Å². The van der Waals surface area contributed by atoms with Gasteiger partial charge in [-0.1, -0.05) is 6.07 Å². The molecule has 18 heavy (non-hydrogen) atoms. The van der Waals surface area contributed by atoms with E-state index >= 15 is 0 Å². The van der Waals surface area contributed by atoms with Crippen molar-refractivity contribution < 1.29 is 9.13 Å². The van der Waals surface area contributed by atoms with Crippen molar-refractivity contribution in [2.75, 3.05) is 12.4 Å². The van der Waals surface area contributed by atoms with E-state index in [-0.39, 0.29) is 17.2 Å². The lowest BCUT2D eigenvalue weighted by Crippen LogP contribution is -1.98. The molecule has 5 nitrogen and oxygen atoms in total. The monoisotopic (exact) mass is 244 g/mol.